The van der Waals surface area contributed by atoms with Crippen LogP contribution >= 0.6 is 10.7 Å². The highest BCUT2D eigenvalue weighted by molar-refractivity contribution is 8.13. The summed E-state index contributed by atoms with van der Waals surface area (Å²) in [5.41, 5.74) is 0.178. The van der Waals surface area contributed by atoms with E-state index < -0.39 is 153 Å². The van der Waals surface area contributed by atoms with Crippen molar-refractivity contribution in [3.8, 4) is 17.2 Å². The SMILES string of the molecule is C.CCOc1c(F)c(CO)c(F)c(NS(=O)(=O)c2cccc(C(=O)O)c2)c1F.CCOc1c(F)c(N)c(F)c(CO)c1F.CCOc1c(F)cc(F)c(CO)c1F.O=C(O)c1cccc(S(=O)(=O)Cl)c1. The Morgan fingerprint density at radius 1 is 0.571 bits per heavy atom. The van der Waals surface area contributed by atoms with Crippen LogP contribution in [0.25, 0.3) is 0 Å². The first-order chi connectivity index (χ1) is 32.2. The van der Waals surface area contributed by atoms with Gasteiger partial charge in [-0.25, -0.2) is 65.9 Å². The predicted molar refractivity (Wildman–Crippen MR) is 232 cm³/mol. The van der Waals surface area contributed by atoms with Gasteiger partial charge in [0.25, 0.3) is 19.1 Å². The molecule has 0 amide bonds. The Hall–Kier alpha value is -6.52. The van der Waals surface area contributed by atoms with E-state index in [9.17, 15) is 65.9 Å². The molecule has 0 unspecified atom stereocenters. The average Bonchev–Trinajstić information content (AvgIpc) is 3.29. The fourth-order valence-electron chi connectivity index (χ4n) is 5.11. The molecule has 70 heavy (non-hydrogen) atoms. The molecule has 5 rings (SSSR count). The van der Waals surface area contributed by atoms with E-state index in [2.05, 4.69) is 9.47 Å². The Kier molecular flexibility index (Phi) is 23.7. The highest BCUT2D eigenvalue weighted by atomic mass is 35.7. The summed E-state index contributed by atoms with van der Waals surface area (Å²) in [5, 5.41) is 43.9. The van der Waals surface area contributed by atoms with Gasteiger partial charge in [-0.3, -0.25) is 4.72 Å². The maximum atomic E-state index is 14.4. The first-order valence-electron chi connectivity index (χ1n) is 18.9. The topological polar surface area (TPSA) is 269 Å². The zero-order valence-electron chi connectivity index (χ0n) is 35.5. The fraction of sp³-hybridized carbons (Fsp3) is 0.238. The van der Waals surface area contributed by atoms with Crippen LogP contribution in [0.2, 0.25) is 0 Å². The zero-order chi connectivity index (χ0) is 52.7. The van der Waals surface area contributed by atoms with Crippen LogP contribution in [0.4, 0.5) is 50.9 Å². The molecule has 0 aromatic heterocycles. The lowest BCUT2D eigenvalue weighted by Gasteiger charge is -2.16. The average molecular weight is 1070 g/mol. The van der Waals surface area contributed by atoms with E-state index >= 15 is 0 Å². The second-order valence-corrected chi connectivity index (χ2v) is 17.0. The number of nitrogens with one attached hydrogen (secondary N) is 1. The lowest BCUT2D eigenvalue weighted by atomic mass is 10.1. The fourth-order valence-corrected chi connectivity index (χ4v) is 7.02. The number of hydrogen-bond donors (Lipinski definition) is 7. The van der Waals surface area contributed by atoms with Crippen LogP contribution in [0.1, 0.15) is 65.6 Å². The van der Waals surface area contributed by atoms with Crippen molar-refractivity contribution >= 4 is 53.1 Å². The number of ether oxygens (including phenoxy) is 3. The number of hydrogen-bond acceptors (Lipinski definition) is 13. The molecule has 5 aromatic carbocycles. The number of anilines is 2. The molecule has 0 aliphatic rings. The van der Waals surface area contributed by atoms with Crippen molar-refractivity contribution in [2.45, 2.75) is 57.8 Å². The van der Waals surface area contributed by atoms with Gasteiger partial charge >= 0.3 is 11.9 Å². The largest absolute Gasteiger partial charge is 0.488 e. The number of halogens is 10. The molecule has 5 aromatic rings. The molecule has 386 valence electrons. The number of carboxylic acids is 2. The Bertz CT molecular complexity index is 2900. The number of benzene rings is 5. The first kappa shape index (κ1) is 61.5. The molecule has 16 nitrogen and oxygen atoms in total. The number of aromatic carboxylic acids is 2. The number of aliphatic hydroxyl groups is 3. The van der Waals surface area contributed by atoms with E-state index in [0.717, 1.165) is 30.3 Å². The normalized spacial score (nSPS) is 10.7. The molecule has 8 N–H and O–H groups in total. The summed E-state index contributed by atoms with van der Waals surface area (Å²) in [5.74, 6) is -17.1. The van der Waals surface area contributed by atoms with Crippen LogP contribution in [0, 0.1) is 52.4 Å². The highest BCUT2D eigenvalue weighted by Crippen LogP contribution is 2.36. The van der Waals surface area contributed by atoms with Gasteiger partial charge in [-0.1, -0.05) is 19.6 Å². The first-order valence-corrected chi connectivity index (χ1v) is 22.6. The van der Waals surface area contributed by atoms with Gasteiger partial charge in [0.15, 0.2) is 63.8 Å². The van der Waals surface area contributed by atoms with Gasteiger partial charge < -0.3 is 45.5 Å². The van der Waals surface area contributed by atoms with Crippen molar-refractivity contribution in [1.29, 1.82) is 0 Å². The number of rotatable bonds is 15. The molecule has 28 heteroatoms. The van der Waals surface area contributed by atoms with Gasteiger partial charge in [-0.05, 0) is 57.2 Å². The second-order valence-electron chi connectivity index (χ2n) is 12.7. The van der Waals surface area contributed by atoms with Crippen LogP contribution < -0.4 is 24.7 Å². The van der Waals surface area contributed by atoms with Crippen LogP contribution in [-0.2, 0) is 38.9 Å². The number of sulfonamides is 1. The Labute approximate surface area is 397 Å². The summed E-state index contributed by atoms with van der Waals surface area (Å²) in [6.07, 6.45) is 0. The number of carbonyl (C=O) groups is 2. The molecule has 0 heterocycles. The van der Waals surface area contributed by atoms with Crippen molar-refractivity contribution < 1.29 is 106 Å². The molecule has 0 saturated carbocycles. The summed E-state index contributed by atoms with van der Waals surface area (Å²) in [6.45, 7) is 1.37. The third-order valence-corrected chi connectivity index (χ3v) is 11.0. The molecular formula is C42H42ClF9N2O14S2. The summed E-state index contributed by atoms with van der Waals surface area (Å²) in [4.78, 5) is 20.6. The van der Waals surface area contributed by atoms with Gasteiger partial charge in [-0.2, -0.15) is 0 Å². The summed E-state index contributed by atoms with van der Waals surface area (Å²) in [7, 11) is -3.47. The summed E-state index contributed by atoms with van der Waals surface area (Å²) < 4.78 is 183. The van der Waals surface area contributed by atoms with E-state index in [1.165, 1.54) is 32.0 Å². The van der Waals surface area contributed by atoms with E-state index in [4.69, 9.17) is 46.7 Å². The molecule has 0 radical (unpaired) electrons. The lowest BCUT2D eigenvalue weighted by molar-refractivity contribution is 0.0685. The van der Waals surface area contributed by atoms with Crippen molar-refractivity contribution in [1.82, 2.24) is 0 Å². The van der Waals surface area contributed by atoms with Gasteiger partial charge in [0, 0.05) is 16.7 Å². The third kappa shape index (κ3) is 15.2. The smallest absolute Gasteiger partial charge is 0.335 e. The minimum absolute atomic E-state index is 0. The molecule has 0 aliphatic carbocycles. The number of aliphatic hydroxyl groups excluding tert-OH is 3. The molecular weight excluding hydrogens is 1030 g/mol. The van der Waals surface area contributed by atoms with Crippen molar-refractivity contribution in [2.75, 3.05) is 30.3 Å². The van der Waals surface area contributed by atoms with Gasteiger partial charge in [0.2, 0.25) is 0 Å². The van der Waals surface area contributed by atoms with Gasteiger partial charge in [-0.15, -0.1) is 0 Å². The van der Waals surface area contributed by atoms with E-state index in [1.54, 1.807) is 11.6 Å². The monoisotopic (exact) mass is 1070 g/mol. The van der Waals surface area contributed by atoms with Crippen LogP contribution in [0.5, 0.6) is 17.2 Å². The molecule has 0 saturated heterocycles. The molecule has 0 fully saturated rings. The molecule has 0 atom stereocenters. The maximum Gasteiger partial charge on any atom is 0.335 e. The van der Waals surface area contributed by atoms with Crippen molar-refractivity contribution in [3.63, 3.8) is 0 Å². The standard InChI is InChI=1S/C16H14F3NO6S.C9H10F3NO2.C9H9F3O2.C7H5ClO4S.CH4/c1-2-26-15-12(18)10(7-21)11(17)14(13(15)19)20-27(24,25)9-5-3-4-8(6-9)16(22)23;1-2-15-9-6(11)4(3-14)5(10)8(13)7(9)12;1-2-14-9-7(11)3-6(10)5(4-13)8(9)12;8-13(11,12)6-3-1-2-5(4-6)7(9)10;/h3-6,20-21H,2,7H2,1H3,(H,22,23);14H,2-3,13H2,1H3;3,13H,2,4H2,1H3;1-4H,(H,9,10);1H4. The number of nitrogens with two attached hydrogens (primary N) is 1. The van der Waals surface area contributed by atoms with E-state index in [-0.39, 0.29) is 43.3 Å². The molecule has 0 bridgehead atoms. The van der Waals surface area contributed by atoms with Crippen LogP contribution in [0.15, 0.2) is 64.4 Å². The molecule has 0 aliphatic heterocycles. The predicted octanol–water partition coefficient (Wildman–Crippen LogP) is 8.01. The molecule has 0 spiro atoms. The third-order valence-electron chi connectivity index (χ3n) is 8.32. The van der Waals surface area contributed by atoms with Gasteiger partial charge in [0.1, 0.15) is 17.2 Å². The van der Waals surface area contributed by atoms with Crippen molar-refractivity contribution in [2.24, 2.45) is 0 Å². The number of carboxylic acid groups (broad SMARTS) is 2. The Balaban J connectivity index is 0.000000491. The number of nitrogen functional groups attached to an aromatic ring is 1. The van der Waals surface area contributed by atoms with Crippen LogP contribution in [-0.4, -0.2) is 74.1 Å². The van der Waals surface area contributed by atoms with Crippen molar-refractivity contribution in [3.05, 3.63) is 135 Å². The van der Waals surface area contributed by atoms with E-state index in [1.807, 2.05) is 0 Å². The summed E-state index contributed by atoms with van der Waals surface area (Å²) >= 11 is 0. The second kappa shape index (κ2) is 27.0. The zero-order valence-corrected chi connectivity index (χ0v) is 37.9. The highest BCUT2D eigenvalue weighted by Gasteiger charge is 2.30. The Morgan fingerprint density at radius 3 is 1.40 bits per heavy atom. The Morgan fingerprint density at radius 2 is 0.971 bits per heavy atom. The minimum atomic E-state index is -4.64. The lowest BCUT2D eigenvalue weighted by Crippen LogP contribution is -2.18. The van der Waals surface area contributed by atoms with Crippen LogP contribution in [0.3, 0.4) is 0 Å². The maximum absolute atomic E-state index is 14.4. The van der Waals surface area contributed by atoms with E-state index in [0.29, 0.717) is 6.07 Å². The summed E-state index contributed by atoms with van der Waals surface area (Å²) in [6, 6.07) is 9.36. The van der Waals surface area contributed by atoms with Gasteiger partial charge in [0.05, 0.1) is 77.2 Å². The minimum Gasteiger partial charge on any atom is -0.488 e. The quantitative estimate of drug-likeness (QED) is 0.0297.